The predicted octanol–water partition coefficient (Wildman–Crippen LogP) is 1.58. The van der Waals surface area contributed by atoms with Crippen LogP contribution in [0.2, 0.25) is 0 Å². The average Bonchev–Trinajstić information content (AvgIpc) is 2.32. The summed E-state index contributed by atoms with van der Waals surface area (Å²) in [6.45, 7) is 3.73. The van der Waals surface area contributed by atoms with E-state index in [1.165, 1.54) is 0 Å². The SMILES string of the molecule is CCCNc1cccc(NCCCC(N)=O)n1. The van der Waals surface area contributed by atoms with Crippen LogP contribution < -0.4 is 16.4 Å². The second kappa shape index (κ2) is 7.49. The Labute approximate surface area is 102 Å². The topological polar surface area (TPSA) is 80.0 Å². The van der Waals surface area contributed by atoms with Crippen LogP contribution in [0.5, 0.6) is 0 Å². The number of pyridine rings is 1. The first kappa shape index (κ1) is 13.3. The number of hydrogen-bond donors (Lipinski definition) is 3. The number of carbonyl (C=O) groups excluding carboxylic acids is 1. The van der Waals surface area contributed by atoms with Gasteiger partial charge in [-0.3, -0.25) is 4.79 Å². The van der Waals surface area contributed by atoms with Gasteiger partial charge >= 0.3 is 0 Å². The summed E-state index contributed by atoms with van der Waals surface area (Å²) in [4.78, 5) is 14.9. The van der Waals surface area contributed by atoms with E-state index in [0.717, 1.165) is 31.0 Å². The maximum atomic E-state index is 10.6. The third-order valence-electron chi connectivity index (χ3n) is 2.21. The third-order valence-corrected chi connectivity index (χ3v) is 2.21. The number of hydrogen-bond acceptors (Lipinski definition) is 4. The second-order valence-electron chi connectivity index (χ2n) is 3.83. The summed E-state index contributed by atoms with van der Waals surface area (Å²) in [5, 5.41) is 6.38. The van der Waals surface area contributed by atoms with Crippen molar-refractivity contribution < 1.29 is 4.79 Å². The number of primary amides is 1. The molecule has 1 rings (SSSR count). The number of carbonyl (C=O) groups is 1. The summed E-state index contributed by atoms with van der Waals surface area (Å²) < 4.78 is 0. The number of nitrogens with two attached hydrogens (primary N) is 1. The van der Waals surface area contributed by atoms with E-state index in [9.17, 15) is 4.79 Å². The van der Waals surface area contributed by atoms with Gasteiger partial charge in [0.25, 0.3) is 0 Å². The van der Waals surface area contributed by atoms with Crippen LogP contribution in [0.1, 0.15) is 26.2 Å². The summed E-state index contributed by atoms with van der Waals surface area (Å²) in [5.41, 5.74) is 5.06. The molecule has 1 aromatic rings. The highest BCUT2D eigenvalue weighted by molar-refractivity contribution is 5.73. The smallest absolute Gasteiger partial charge is 0.217 e. The minimum atomic E-state index is -0.266. The molecule has 0 saturated carbocycles. The normalized spacial score (nSPS) is 9.94. The van der Waals surface area contributed by atoms with E-state index in [4.69, 9.17) is 5.73 Å². The first-order valence-corrected chi connectivity index (χ1v) is 5.95. The molecule has 4 N–H and O–H groups in total. The molecule has 0 aliphatic heterocycles. The van der Waals surface area contributed by atoms with Crippen LogP contribution in [-0.4, -0.2) is 24.0 Å². The van der Waals surface area contributed by atoms with Crippen molar-refractivity contribution in [2.24, 2.45) is 5.73 Å². The molecule has 5 nitrogen and oxygen atoms in total. The first-order chi connectivity index (χ1) is 8.22. The molecule has 1 aromatic heterocycles. The molecule has 0 spiro atoms. The highest BCUT2D eigenvalue weighted by atomic mass is 16.1. The molecule has 0 aromatic carbocycles. The molecule has 94 valence electrons. The molecule has 17 heavy (non-hydrogen) atoms. The largest absolute Gasteiger partial charge is 0.370 e. The number of nitrogens with zero attached hydrogens (tertiary/aromatic N) is 1. The van der Waals surface area contributed by atoms with Crippen molar-refractivity contribution in [3.05, 3.63) is 18.2 Å². The average molecular weight is 236 g/mol. The summed E-state index contributed by atoms with van der Waals surface area (Å²) >= 11 is 0. The van der Waals surface area contributed by atoms with Crippen LogP contribution in [0.15, 0.2) is 18.2 Å². The molecule has 0 atom stereocenters. The van der Waals surface area contributed by atoms with E-state index < -0.39 is 0 Å². The number of nitrogens with one attached hydrogen (secondary N) is 2. The van der Waals surface area contributed by atoms with E-state index >= 15 is 0 Å². The van der Waals surface area contributed by atoms with Crippen molar-refractivity contribution in [1.29, 1.82) is 0 Å². The Morgan fingerprint density at radius 2 is 1.94 bits per heavy atom. The predicted molar refractivity (Wildman–Crippen MR) is 69.9 cm³/mol. The minimum absolute atomic E-state index is 0.266. The van der Waals surface area contributed by atoms with E-state index in [2.05, 4.69) is 22.5 Å². The lowest BCUT2D eigenvalue weighted by atomic mass is 10.3. The van der Waals surface area contributed by atoms with Gasteiger partial charge in [-0.1, -0.05) is 13.0 Å². The maximum Gasteiger partial charge on any atom is 0.217 e. The molecule has 1 amide bonds. The van der Waals surface area contributed by atoms with Crippen molar-refractivity contribution in [3.63, 3.8) is 0 Å². The van der Waals surface area contributed by atoms with Gasteiger partial charge in [-0.25, -0.2) is 4.98 Å². The standard InChI is InChI=1S/C12H20N4O/c1-2-8-14-11-6-3-7-12(16-11)15-9-4-5-10(13)17/h3,6-7H,2,4-5,8-9H2,1H3,(H2,13,17)(H2,14,15,16). The molecule has 5 heteroatoms. The van der Waals surface area contributed by atoms with Gasteiger partial charge in [0.2, 0.25) is 5.91 Å². The van der Waals surface area contributed by atoms with Gasteiger partial charge in [0.05, 0.1) is 0 Å². The van der Waals surface area contributed by atoms with Crippen LogP contribution in [0.3, 0.4) is 0 Å². The van der Waals surface area contributed by atoms with Crippen molar-refractivity contribution in [1.82, 2.24) is 4.98 Å². The number of amides is 1. The van der Waals surface area contributed by atoms with Gasteiger partial charge in [0, 0.05) is 19.5 Å². The summed E-state index contributed by atoms with van der Waals surface area (Å²) in [6.07, 6.45) is 2.20. The fourth-order valence-corrected chi connectivity index (χ4v) is 1.36. The number of anilines is 2. The van der Waals surface area contributed by atoms with Crippen LogP contribution in [0.4, 0.5) is 11.6 Å². The zero-order valence-corrected chi connectivity index (χ0v) is 10.2. The number of aromatic nitrogens is 1. The minimum Gasteiger partial charge on any atom is -0.370 e. The van der Waals surface area contributed by atoms with E-state index in [-0.39, 0.29) is 5.91 Å². The van der Waals surface area contributed by atoms with Gasteiger partial charge in [0.15, 0.2) is 0 Å². The van der Waals surface area contributed by atoms with Gasteiger partial charge in [-0.2, -0.15) is 0 Å². The summed E-state index contributed by atoms with van der Waals surface area (Å²) in [5.74, 6) is 1.42. The van der Waals surface area contributed by atoms with Gasteiger partial charge in [-0.05, 0) is 25.0 Å². The Morgan fingerprint density at radius 3 is 2.53 bits per heavy atom. The quantitative estimate of drug-likeness (QED) is 0.599. The molecule has 0 aliphatic carbocycles. The van der Waals surface area contributed by atoms with Gasteiger partial charge in [-0.15, -0.1) is 0 Å². The van der Waals surface area contributed by atoms with Crippen molar-refractivity contribution in [2.45, 2.75) is 26.2 Å². The van der Waals surface area contributed by atoms with Crippen LogP contribution in [0.25, 0.3) is 0 Å². The van der Waals surface area contributed by atoms with E-state index in [0.29, 0.717) is 13.0 Å². The Kier molecular flexibility index (Phi) is 5.85. The molecule has 1 heterocycles. The highest BCUT2D eigenvalue weighted by Gasteiger charge is 1.97. The summed E-state index contributed by atoms with van der Waals surface area (Å²) in [6, 6.07) is 5.78. The Balaban J connectivity index is 2.34. The Morgan fingerprint density at radius 1 is 1.29 bits per heavy atom. The fourth-order valence-electron chi connectivity index (χ4n) is 1.36. The molecule has 0 saturated heterocycles. The molecule has 0 bridgehead atoms. The zero-order chi connectivity index (χ0) is 12.5. The van der Waals surface area contributed by atoms with Crippen LogP contribution in [0, 0.1) is 0 Å². The molecular formula is C12H20N4O. The Hall–Kier alpha value is -1.78. The van der Waals surface area contributed by atoms with E-state index in [1.807, 2.05) is 18.2 Å². The zero-order valence-electron chi connectivity index (χ0n) is 10.2. The second-order valence-corrected chi connectivity index (χ2v) is 3.83. The number of rotatable bonds is 8. The molecular weight excluding hydrogens is 216 g/mol. The molecule has 0 unspecified atom stereocenters. The van der Waals surface area contributed by atoms with Gasteiger partial charge in [0.1, 0.15) is 11.6 Å². The molecule has 0 fully saturated rings. The lowest BCUT2D eigenvalue weighted by Gasteiger charge is -2.08. The van der Waals surface area contributed by atoms with Crippen LogP contribution >= 0.6 is 0 Å². The molecule has 0 aliphatic rings. The summed E-state index contributed by atoms with van der Waals surface area (Å²) in [7, 11) is 0. The third kappa shape index (κ3) is 5.75. The first-order valence-electron chi connectivity index (χ1n) is 5.95. The van der Waals surface area contributed by atoms with Crippen molar-refractivity contribution in [2.75, 3.05) is 23.7 Å². The van der Waals surface area contributed by atoms with Crippen LogP contribution in [-0.2, 0) is 4.79 Å². The Bertz CT molecular complexity index is 354. The monoisotopic (exact) mass is 236 g/mol. The lowest BCUT2D eigenvalue weighted by molar-refractivity contribution is -0.118. The fraction of sp³-hybridized carbons (Fsp3) is 0.500. The highest BCUT2D eigenvalue weighted by Crippen LogP contribution is 2.09. The van der Waals surface area contributed by atoms with Crippen molar-refractivity contribution >= 4 is 17.5 Å². The molecule has 0 radical (unpaired) electrons. The van der Waals surface area contributed by atoms with Gasteiger partial charge < -0.3 is 16.4 Å². The van der Waals surface area contributed by atoms with E-state index in [1.54, 1.807) is 0 Å². The van der Waals surface area contributed by atoms with Crippen molar-refractivity contribution in [3.8, 4) is 0 Å². The lowest BCUT2D eigenvalue weighted by Crippen LogP contribution is -2.13. The maximum absolute atomic E-state index is 10.6.